The molecule has 18 heavy (non-hydrogen) atoms. The third-order valence-corrected chi connectivity index (χ3v) is 4.40. The number of benzene rings is 1. The minimum atomic E-state index is 0.288. The lowest BCUT2D eigenvalue weighted by atomic mass is 10.1. The summed E-state index contributed by atoms with van der Waals surface area (Å²) in [5.74, 6) is 0.288. The van der Waals surface area contributed by atoms with Gasteiger partial charge in [-0.15, -0.1) is 11.3 Å². The number of pyridine rings is 1. The molecule has 0 saturated heterocycles. The summed E-state index contributed by atoms with van der Waals surface area (Å²) >= 11 is 1.70. The first-order valence-electron chi connectivity index (χ1n) is 5.81. The molecule has 0 amide bonds. The standard InChI is InChI=1S/C13H11N3OS/c17-9-3-1-2-7-8(9)4-15-13-11(7)12-10(18-13)5-14-6-16-12/h1-4,14,16-17H,5-6H2. The van der Waals surface area contributed by atoms with E-state index in [1.54, 1.807) is 23.6 Å². The predicted molar refractivity (Wildman–Crippen MR) is 74.1 cm³/mol. The van der Waals surface area contributed by atoms with Gasteiger partial charge in [0.05, 0.1) is 12.4 Å². The zero-order valence-electron chi connectivity index (χ0n) is 9.53. The molecule has 4 nitrogen and oxygen atoms in total. The van der Waals surface area contributed by atoms with Gasteiger partial charge in [-0.2, -0.15) is 0 Å². The molecule has 0 spiro atoms. The molecule has 0 saturated carbocycles. The zero-order valence-corrected chi connectivity index (χ0v) is 10.3. The highest BCUT2D eigenvalue weighted by Gasteiger charge is 2.18. The molecule has 2 aromatic heterocycles. The van der Waals surface area contributed by atoms with E-state index in [4.69, 9.17) is 0 Å². The number of nitrogens with one attached hydrogen (secondary N) is 2. The van der Waals surface area contributed by atoms with Gasteiger partial charge >= 0.3 is 0 Å². The quantitative estimate of drug-likeness (QED) is 0.579. The van der Waals surface area contributed by atoms with E-state index >= 15 is 0 Å². The fraction of sp³-hybridized carbons (Fsp3) is 0.154. The van der Waals surface area contributed by atoms with Gasteiger partial charge in [0.25, 0.3) is 0 Å². The molecule has 0 fully saturated rings. The number of aromatic nitrogens is 1. The first-order chi connectivity index (χ1) is 8.84. The Morgan fingerprint density at radius 1 is 1.28 bits per heavy atom. The Balaban J connectivity index is 2.20. The molecule has 1 aromatic carbocycles. The van der Waals surface area contributed by atoms with E-state index in [-0.39, 0.29) is 5.75 Å². The minimum absolute atomic E-state index is 0.288. The van der Waals surface area contributed by atoms with E-state index < -0.39 is 0 Å². The lowest BCUT2D eigenvalue weighted by Gasteiger charge is -2.15. The Hall–Kier alpha value is -1.85. The van der Waals surface area contributed by atoms with Gasteiger partial charge in [0.1, 0.15) is 10.6 Å². The molecular formula is C13H11N3OS. The van der Waals surface area contributed by atoms with Crippen molar-refractivity contribution in [2.24, 2.45) is 0 Å². The molecule has 1 aliphatic rings. The molecule has 90 valence electrons. The topological polar surface area (TPSA) is 57.2 Å². The molecule has 0 atom stereocenters. The minimum Gasteiger partial charge on any atom is -0.507 e. The van der Waals surface area contributed by atoms with Crippen LogP contribution in [-0.4, -0.2) is 16.8 Å². The number of phenolic OH excluding ortho intramolecular Hbond substituents is 1. The molecule has 3 aromatic rings. The van der Waals surface area contributed by atoms with Crippen molar-refractivity contribution in [2.75, 3.05) is 12.0 Å². The van der Waals surface area contributed by atoms with Crippen LogP contribution >= 0.6 is 11.3 Å². The van der Waals surface area contributed by atoms with Crippen LogP contribution in [0.5, 0.6) is 5.75 Å². The molecule has 1 aliphatic heterocycles. The van der Waals surface area contributed by atoms with Crippen LogP contribution < -0.4 is 10.6 Å². The van der Waals surface area contributed by atoms with Gasteiger partial charge in [-0.05, 0) is 11.5 Å². The van der Waals surface area contributed by atoms with Gasteiger partial charge < -0.3 is 10.4 Å². The fourth-order valence-electron chi connectivity index (χ4n) is 2.47. The summed E-state index contributed by atoms with van der Waals surface area (Å²) in [6.45, 7) is 1.65. The van der Waals surface area contributed by atoms with Crippen LogP contribution in [0.25, 0.3) is 21.0 Å². The van der Waals surface area contributed by atoms with Crippen molar-refractivity contribution >= 4 is 38.0 Å². The van der Waals surface area contributed by atoms with Gasteiger partial charge in [-0.25, -0.2) is 4.98 Å². The van der Waals surface area contributed by atoms with Crippen molar-refractivity contribution in [1.82, 2.24) is 10.3 Å². The first kappa shape index (κ1) is 10.1. The Labute approximate surface area is 107 Å². The van der Waals surface area contributed by atoms with Crippen molar-refractivity contribution in [3.63, 3.8) is 0 Å². The largest absolute Gasteiger partial charge is 0.507 e. The maximum atomic E-state index is 9.90. The number of aromatic hydroxyl groups is 1. The summed E-state index contributed by atoms with van der Waals surface area (Å²) < 4.78 is 0. The molecule has 3 N–H and O–H groups in total. The number of rotatable bonds is 0. The van der Waals surface area contributed by atoms with Crippen LogP contribution in [0.3, 0.4) is 0 Å². The second-order valence-corrected chi connectivity index (χ2v) is 5.44. The summed E-state index contributed by atoms with van der Waals surface area (Å²) in [7, 11) is 0. The Bertz CT molecular complexity index is 766. The van der Waals surface area contributed by atoms with Crippen LogP contribution in [0.4, 0.5) is 5.69 Å². The monoisotopic (exact) mass is 257 g/mol. The Kier molecular flexibility index (Phi) is 2.00. The van der Waals surface area contributed by atoms with Crippen LogP contribution in [-0.2, 0) is 6.54 Å². The number of anilines is 1. The molecule has 0 radical (unpaired) electrons. The lowest BCUT2D eigenvalue weighted by Crippen LogP contribution is -2.26. The van der Waals surface area contributed by atoms with E-state index in [1.807, 2.05) is 12.1 Å². The van der Waals surface area contributed by atoms with Crippen molar-refractivity contribution in [2.45, 2.75) is 6.54 Å². The van der Waals surface area contributed by atoms with Crippen LogP contribution in [0.2, 0.25) is 0 Å². The fourth-order valence-corrected chi connectivity index (χ4v) is 3.58. The van der Waals surface area contributed by atoms with E-state index in [0.29, 0.717) is 0 Å². The van der Waals surface area contributed by atoms with Gasteiger partial charge in [0.2, 0.25) is 0 Å². The summed E-state index contributed by atoms with van der Waals surface area (Å²) in [6, 6.07) is 5.61. The van der Waals surface area contributed by atoms with Gasteiger partial charge in [-0.3, -0.25) is 5.32 Å². The summed E-state index contributed by atoms with van der Waals surface area (Å²) in [5, 5.41) is 19.6. The number of hydrogen-bond acceptors (Lipinski definition) is 5. The average Bonchev–Trinajstić information content (AvgIpc) is 2.77. The number of hydrogen-bond donors (Lipinski definition) is 3. The normalized spacial score (nSPS) is 14.7. The molecule has 0 aliphatic carbocycles. The summed E-state index contributed by atoms with van der Waals surface area (Å²) in [6.07, 6.45) is 1.75. The number of fused-ring (bicyclic) bond motifs is 5. The molecule has 0 bridgehead atoms. The van der Waals surface area contributed by atoms with Crippen molar-refractivity contribution in [3.8, 4) is 5.75 Å². The van der Waals surface area contributed by atoms with Gasteiger partial charge in [0, 0.05) is 28.4 Å². The highest BCUT2D eigenvalue weighted by molar-refractivity contribution is 7.19. The van der Waals surface area contributed by atoms with Gasteiger partial charge in [-0.1, -0.05) is 12.1 Å². The third kappa shape index (κ3) is 1.26. The predicted octanol–water partition coefficient (Wildman–Crippen LogP) is 2.63. The van der Waals surface area contributed by atoms with E-state index in [9.17, 15) is 5.11 Å². The van der Waals surface area contributed by atoms with Crippen molar-refractivity contribution in [3.05, 3.63) is 29.3 Å². The van der Waals surface area contributed by atoms with Crippen LogP contribution in [0, 0.1) is 0 Å². The highest BCUT2D eigenvalue weighted by Crippen LogP contribution is 2.41. The molecule has 3 heterocycles. The van der Waals surface area contributed by atoms with Crippen molar-refractivity contribution < 1.29 is 5.11 Å². The molecule has 5 heteroatoms. The Morgan fingerprint density at radius 3 is 3.17 bits per heavy atom. The molecular weight excluding hydrogens is 246 g/mol. The number of thiophene rings is 1. The maximum absolute atomic E-state index is 9.90. The number of nitrogens with zero attached hydrogens (tertiary/aromatic N) is 1. The third-order valence-electron chi connectivity index (χ3n) is 3.30. The second-order valence-electron chi connectivity index (χ2n) is 4.36. The summed E-state index contributed by atoms with van der Waals surface area (Å²) in [5.41, 5.74) is 1.16. The van der Waals surface area contributed by atoms with Crippen LogP contribution in [0.1, 0.15) is 4.88 Å². The van der Waals surface area contributed by atoms with E-state index in [1.165, 1.54) is 4.88 Å². The second kappa shape index (κ2) is 3.57. The molecule has 0 unspecified atom stereocenters. The highest BCUT2D eigenvalue weighted by atomic mass is 32.1. The van der Waals surface area contributed by atoms with Gasteiger partial charge in [0.15, 0.2) is 0 Å². The SMILES string of the molecule is Oc1cccc2c1cnc1sc3c(c12)NCNC3. The lowest BCUT2D eigenvalue weighted by molar-refractivity contribution is 0.481. The van der Waals surface area contributed by atoms with Crippen LogP contribution in [0.15, 0.2) is 24.4 Å². The van der Waals surface area contributed by atoms with E-state index in [2.05, 4.69) is 15.6 Å². The molecule has 4 rings (SSSR count). The zero-order chi connectivity index (χ0) is 12.1. The maximum Gasteiger partial charge on any atom is 0.126 e. The number of phenols is 1. The van der Waals surface area contributed by atoms with Crippen molar-refractivity contribution in [1.29, 1.82) is 0 Å². The average molecular weight is 257 g/mol. The Morgan fingerprint density at radius 2 is 2.22 bits per heavy atom. The van der Waals surface area contributed by atoms with E-state index in [0.717, 1.165) is 39.9 Å². The summed E-state index contributed by atoms with van der Waals surface area (Å²) in [4.78, 5) is 6.77. The smallest absolute Gasteiger partial charge is 0.126 e. The first-order valence-corrected chi connectivity index (χ1v) is 6.63.